The van der Waals surface area contributed by atoms with Crippen LogP contribution in [0.1, 0.15) is 26.3 Å². The minimum absolute atomic E-state index is 0.121. The summed E-state index contributed by atoms with van der Waals surface area (Å²) in [4.78, 5) is 11.6. The lowest BCUT2D eigenvalue weighted by Crippen LogP contribution is -2.38. The van der Waals surface area contributed by atoms with E-state index in [0.29, 0.717) is 12.3 Å². The molecule has 1 aromatic heterocycles. The van der Waals surface area contributed by atoms with Crippen LogP contribution in [-0.4, -0.2) is 35.1 Å². The molecule has 0 radical (unpaired) electrons. The number of urea groups is 1. The molecule has 2 rings (SSSR count). The number of anilines is 1. The molecule has 1 saturated heterocycles. The van der Waals surface area contributed by atoms with E-state index in [1.54, 1.807) is 10.9 Å². The Labute approximate surface area is 100 Å². The lowest BCUT2D eigenvalue weighted by Gasteiger charge is -2.10. The molecule has 2 N–H and O–H groups in total. The number of nitrogens with one attached hydrogen (secondary N) is 2. The number of rotatable bonds is 3. The van der Waals surface area contributed by atoms with Crippen LogP contribution in [0, 0.1) is 0 Å². The van der Waals surface area contributed by atoms with Crippen molar-refractivity contribution in [3.8, 4) is 0 Å². The van der Waals surface area contributed by atoms with Crippen LogP contribution < -0.4 is 10.6 Å². The largest absolute Gasteiger partial charge is 0.379 e. The van der Waals surface area contributed by atoms with Crippen molar-refractivity contribution in [2.24, 2.45) is 0 Å². The molecule has 1 aliphatic heterocycles. The van der Waals surface area contributed by atoms with E-state index in [-0.39, 0.29) is 18.1 Å². The first-order valence-electron chi connectivity index (χ1n) is 5.84. The van der Waals surface area contributed by atoms with Crippen LogP contribution in [0.25, 0.3) is 0 Å². The van der Waals surface area contributed by atoms with Crippen molar-refractivity contribution in [3.05, 3.63) is 12.4 Å². The summed E-state index contributed by atoms with van der Waals surface area (Å²) in [5.41, 5.74) is 0.704. The van der Waals surface area contributed by atoms with Gasteiger partial charge in [-0.3, -0.25) is 4.68 Å². The first kappa shape index (κ1) is 11.9. The molecule has 0 spiro atoms. The highest BCUT2D eigenvalue weighted by molar-refractivity contribution is 5.89. The third-order valence-corrected chi connectivity index (χ3v) is 2.65. The predicted octanol–water partition coefficient (Wildman–Crippen LogP) is 1.37. The lowest BCUT2D eigenvalue weighted by molar-refractivity contribution is 0.189. The normalized spacial score (nSPS) is 19.6. The van der Waals surface area contributed by atoms with Gasteiger partial charge in [-0.1, -0.05) is 0 Å². The fraction of sp³-hybridized carbons (Fsp3) is 0.636. The van der Waals surface area contributed by atoms with Crippen LogP contribution in [0.2, 0.25) is 0 Å². The molecule has 94 valence electrons. The van der Waals surface area contributed by atoms with Gasteiger partial charge in [-0.05, 0) is 20.3 Å². The Hall–Kier alpha value is -1.56. The molecule has 1 unspecified atom stereocenters. The fourth-order valence-electron chi connectivity index (χ4n) is 1.69. The van der Waals surface area contributed by atoms with Gasteiger partial charge in [-0.25, -0.2) is 4.79 Å². The summed E-state index contributed by atoms with van der Waals surface area (Å²) < 4.78 is 6.98. The topological polar surface area (TPSA) is 68.2 Å². The number of ether oxygens (including phenoxy) is 1. The molecule has 0 saturated carbocycles. The summed E-state index contributed by atoms with van der Waals surface area (Å²) in [7, 11) is 0. The van der Waals surface area contributed by atoms with Crippen molar-refractivity contribution in [2.45, 2.75) is 32.4 Å². The van der Waals surface area contributed by atoms with Gasteiger partial charge in [-0.2, -0.15) is 5.10 Å². The second-order valence-electron chi connectivity index (χ2n) is 4.46. The van der Waals surface area contributed by atoms with Crippen molar-refractivity contribution in [1.29, 1.82) is 0 Å². The second-order valence-corrected chi connectivity index (χ2v) is 4.46. The molecule has 1 fully saturated rings. The Bertz CT molecular complexity index is 383. The molecule has 1 aliphatic rings. The van der Waals surface area contributed by atoms with Crippen LogP contribution in [0.4, 0.5) is 10.5 Å². The molecule has 0 aliphatic carbocycles. The Morgan fingerprint density at radius 3 is 3.06 bits per heavy atom. The van der Waals surface area contributed by atoms with E-state index >= 15 is 0 Å². The molecule has 0 bridgehead atoms. The maximum absolute atomic E-state index is 11.6. The first-order chi connectivity index (χ1) is 8.15. The summed E-state index contributed by atoms with van der Waals surface area (Å²) >= 11 is 0. The third kappa shape index (κ3) is 3.20. The number of carbonyl (C=O) groups excluding carboxylic acids is 1. The lowest BCUT2D eigenvalue weighted by atomic mass is 10.3. The predicted molar refractivity (Wildman–Crippen MR) is 64.0 cm³/mol. The number of aromatic nitrogens is 2. The Balaban J connectivity index is 1.84. The molecular weight excluding hydrogens is 220 g/mol. The van der Waals surface area contributed by atoms with Crippen molar-refractivity contribution >= 4 is 11.7 Å². The zero-order valence-electron chi connectivity index (χ0n) is 10.1. The summed E-state index contributed by atoms with van der Waals surface area (Å²) in [5.74, 6) is 0. The Morgan fingerprint density at radius 1 is 1.65 bits per heavy atom. The average Bonchev–Trinajstić information content (AvgIpc) is 2.88. The SMILES string of the molecule is CC(C)n1cc(NC(=O)NC2CCOC2)cn1. The van der Waals surface area contributed by atoms with Crippen LogP contribution in [-0.2, 0) is 4.74 Å². The van der Waals surface area contributed by atoms with Gasteiger partial charge < -0.3 is 15.4 Å². The van der Waals surface area contributed by atoms with Crippen molar-refractivity contribution < 1.29 is 9.53 Å². The summed E-state index contributed by atoms with van der Waals surface area (Å²) in [5, 5.41) is 9.76. The minimum Gasteiger partial charge on any atom is -0.379 e. The van der Waals surface area contributed by atoms with E-state index in [4.69, 9.17) is 4.74 Å². The Kier molecular flexibility index (Phi) is 3.63. The van der Waals surface area contributed by atoms with Crippen molar-refractivity contribution in [1.82, 2.24) is 15.1 Å². The van der Waals surface area contributed by atoms with Gasteiger partial charge in [0.05, 0.1) is 24.5 Å². The van der Waals surface area contributed by atoms with E-state index in [9.17, 15) is 4.79 Å². The molecule has 6 heteroatoms. The Morgan fingerprint density at radius 2 is 2.47 bits per heavy atom. The van der Waals surface area contributed by atoms with E-state index in [1.165, 1.54) is 0 Å². The van der Waals surface area contributed by atoms with Crippen molar-refractivity contribution in [2.75, 3.05) is 18.5 Å². The number of hydrogen-bond donors (Lipinski definition) is 2. The summed E-state index contributed by atoms with van der Waals surface area (Å²) in [6.07, 6.45) is 4.33. The van der Waals surface area contributed by atoms with Gasteiger partial charge in [0.15, 0.2) is 0 Å². The first-order valence-corrected chi connectivity index (χ1v) is 5.84. The summed E-state index contributed by atoms with van der Waals surface area (Å²) in [6.45, 7) is 5.38. The molecule has 17 heavy (non-hydrogen) atoms. The quantitative estimate of drug-likeness (QED) is 0.835. The molecular formula is C11H18N4O2. The van der Waals surface area contributed by atoms with Crippen LogP contribution in [0.5, 0.6) is 0 Å². The molecule has 6 nitrogen and oxygen atoms in total. The molecule has 0 aromatic carbocycles. The van der Waals surface area contributed by atoms with Gasteiger partial charge in [0, 0.05) is 18.8 Å². The third-order valence-electron chi connectivity index (χ3n) is 2.65. The van der Waals surface area contributed by atoms with Gasteiger partial charge in [0.2, 0.25) is 0 Å². The highest BCUT2D eigenvalue weighted by Crippen LogP contribution is 2.10. The molecule has 1 atom stereocenters. The number of hydrogen-bond acceptors (Lipinski definition) is 3. The standard InChI is InChI=1S/C11H18N4O2/c1-8(2)15-6-10(5-12-15)14-11(16)13-9-3-4-17-7-9/h5-6,8-9H,3-4,7H2,1-2H3,(H2,13,14,16). The number of carbonyl (C=O) groups is 1. The number of amides is 2. The van der Waals surface area contributed by atoms with Gasteiger partial charge in [0.1, 0.15) is 0 Å². The minimum atomic E-state index is -0.205. The van der Waals surface area contributed by atoms with Crippen molar-refractivity contribution in [3.63, 3.8) is 0 Å². The van der Waals surface area contributed by atoms with Gasteiger partial charge in [-0.15, -0.1) is 0 Å². The monoisotopic (exact) mass is 238 g/mol. The maximum atomic E-state index is 11.6. The zero-order valence-corrected chi connectivity index (χ0v) is 10.1. The van der Waals surface area contributed by atoms with E-state index in [1.807, 2.05) is 20.0 Å². The van der Waals surface area contributed by atoms with E-state index in [0.717, 1.165) is 13.0 Å². The average molecular weight is 238 g/mol. The van der Waals surface area contributed by atoms with Gasteiger partial charge in [0.25, 0.3) is 0 Å². The maximum Gasteiger partial charge on any atom is 0.319 e. The fourth-order valence-corrected chi connectivity index (χ4v) is 1.69. The number of nitrogens with zero attached hydrogens (tertiary/aromatic N) is 2. The van der Waals surface area contributed by atoms with E-state index < -0.39 is 0 Å². The molecule has 1 aromatic rings. The van der Waals surface area contributed by atoms with Crippen LogP contribution in [0.3, 0.4) is 0 Å². The van der Waals surface area contributed by atoms with Gasteiger partial charge >= 0.3 is 6.03 Å². The van der Waals surface area contributed by atoms with E-state index in [2.05, 4.69) is 15.7 Å². The van der Waals surface area contributed by atoms with Crippen LogP contribution >= 0.6 is 0 Å². The van der Waals surface area contributed by atoms with Crippen LogP contribution in [0.15, 0.2) is 12.4 Å². The second kappa shape index (κ2) is 5.18. The molecule has 2 heterocycles. The highest BCUT2D eigenvalue weighted by Gasteiger charge is 2.17. The molecule has 2 amide bonds. The smallest absolute Gasteiger partial charge is 0.319 e. The summed E-state index contributed by atoms with van der Waals surface area (Å²) in [6, 6.07) is 0.204. The highest BCUT2D eigenvalue weighted by atomic mass is 16.5. The zero-order chi connectivity index (χ0) is 12.3.